The summed E-state index contributed by atoms with van der Waals surface area (Å²) in [7, 11) is 0. The predicted octanol–water partition coefficient (Wildman–Crippen LogP) is 1.30. The molecule has 2 heterocycles. The van der Waals surface area contributed by atoms with Crippen LogP contribution in [0.5, 0.6) is 0 Å². The van der Waals surface area contributed by atoms with Gasteiger partial charge in [0, 0.05) is 18.2 Å². The number of piperidine rings is 1. The molecule has 3 saturated carbocycles. The molecule has 134 valence electrons. The molecule has 5 atom stereocenters. The molecule has 0 aromatic heterocycles. The molecule has 25 heavy (non-hydrogen) atoms. The Bertz CT molecular complexity index is 738. The number of carbonyl (C=O) groups is 1. The van der Waals surface area contributed by atoms with E-state index in [0.29, 0.717) is 12.2 Å². The molecule has 6 aliphatic rings. The standard InChI is InChI=1S/C20H25NO4/c22-13-8-12-9-14-20(24)5-1-2-15-19(20,16(12)18(25-15)17(13)23)6-7-21(14)10-11-3-4-11/h8,11,14-15,17,23-24H,1-7,9-10H2/t14-,15-,17?,19-,20?/m1/s1. The van der Waals surface area contributed by atoms with Gasteiger partial charge in [0.15, 0.2) is 11.9 Å². The first kappa shape index (κ1) is 14.9. The third-order valence-corrected chi connectivity index (χ3v) is 7.85. The summed E-state index contributed by atoms with van der Waals surface area (Å²) in [6, 6.07) is 0.0747. The van der Waals surface area contributed by atoms with Gasteiger partial charge in [-0.2, -0.15) is 0 Å². The Labute approximate surface area is 147 Å². The summed E-state index contributed by atoms with van der Waals surface area (Å²) in [5, 5.41) is 22.4. The zero-order valence-electron chi connectivity index (χ0n) is 14.4. The molecule has 4 aliphatic carbocycles. The van der Waals surface area contributed by atoms with Gasteiger partial charge in [-0.05, 0) is 69.1 Å². The quantitative estimate of drug-likeness (QED) is 0.791. The van der Waals surface area contributed by atoms with Crippen LogP contribution in [0.2, 0.25) is 0 Å². The lowest BCUT2D eigenvalue weighted by molar-refractivity contribution is -0.213. The lowest BCUT2D eigenvalue weighted by Crippen LogP contribution is -2.73. The van der Waals surface area contributed by atoms with E-state index in [9.17, 15) is 15.0 Å². The number of nitrogens with zero attached hydrogens (tertiary/aromatic N) is 1. The van der Waals surface area contributed by atoms with Gasteiger partial charge in [0.1, 0.15) is 11.9 Å². The number of ketones is 1. The minimum absolute atomic E-state index is 0.0747. The number of hydrogen-bond acceptors (Lipinski definition) is 5. The highest BCUT2D eigenvalue weighted by atomic mass is 16.5. The van der Waals surface area contributed by atoms with Crippen molar-refractivity contribution in [3.8, 4) is 0 Å². The number of ether oxygens (including phenoxy) is 1. The van der Waals surface area contributed by atoms with Gasteiger partial charge in [-0.25, -0.2) is 0 Å². The van der Waals surface area contributed by atoms with Crippen LogP contribution in [-0.2, 0) is 9.53 Å². The highest BCUT2D eigenvalue weighted by Crippen LogP contribution is 2.67. The van der Waals surface area contributed by atoms with Crippen LogP contribution < -0.4 is 0 Å². The maximum Gasteiger partial charge on any atom is 0.192 e. The fourth-order valence-electron chi connectivity index (χ4n) is 6.63. The van der Waals surface area contributed by atoms with Crippen molar-refractivity contribution in [3.63, 3.8) is 0 Å². The SMILES string of the molecule is O=C1C=C2C[C@H]3N(CC4CC4)CC[C@]45C2=C(O[C@@H]4CCCC35O)C1O. The normalized spacial score (nSPS) is 48.2. The van der Waals surface area contributed by atoms with Crippen LogP contribution in [0.4, 0.5) is 0 Å². The van der Waals surface area contributed by atoms with Crippen molar-refractivity contribution in [2.45, 2.75) is 68.8 Å². The molecule has 6 rings (SSSR count). The Morgan fingerprint density at radius 3 is 2.92 bits per heavy atom. The molecule has 5 heteroatoms. The van der Waals surface area contributed by atoms with Crippen LogP contribution in [0.25, 0.3) is 0 Å². The number of aliphatic hydroxyl groups excluding tert-OH is 1. The Morgan fingerprint density at radius 1 is 1.28 bits per heavy atom. The maximum atomic E-state index is 12.3. The summed E-state index contributed by atoms with van der Waals surface area (Å²) in [6.45, 7) is 2.06. The van der Waals surface area contributed by atoms with Crippen LogP contribution in [0, 0.1) is 11.3 Å². The van der Waals surface area contributed by atoms with Crippen molar-refractivity contribution >= 4 is 5.78 Å². The van der Waals surface area contributed by atoms with Gasteiger partial charge >= 0.3 is 0 Å². The lowest BCUT2D eigenvalue weighted by atomic mass is 9.47. The van der Waals surface area contributed by atoms with E-state index in [2.05, 4.69) is 4.90 Å². The van der Waals surface area contributed by atoms with Crippen molar-refractivity contribution in [2.24, 2.45) is 11.3 Å². The molecule has 5 nitrogen and oxygen atoms in total. The fraction of sp³-hybridized carbons (Fsp3) is 0.750. The van der Waals surface area contributed by atoms with Crippen molar-refractivity contribution in [3.05, 3.63) is 23.0 Å². The van der Waals surface area contributed by atoms with E-state index in [1.807, 2.05) is 0 Å². The van der Waals surface area contributed by atoms with Crippen molar-refractivity contribution in [1.29, 1.82) is 0 Å². The van der Waals surface area contributed by atoms with E-state index < -0.39 is 17.1 Å². The van der Waals surface area contributed by atoms with Gasteiger partial charge in [0.25, 0.3) is 0 Å². The molecule has 2 bridgehead atoms. The molecule has 0 aromatic rings. The van der Waals surface area contributed by atoms with E-state index in [1.165, 1.54) is 12.8 Å². The summed E-state index contributed by atoms with van der Waals surface area (Å²) in [6.07, 6.45) is 7.20. The average Bonchev–Trinajstić information content (AvgIpc) is 3.32. The zero-order valence-corrected chi connectivity index (χ0v) is 14.4. The minimum atomic E-state index is -1.18. The van der Waals surface area contributed by atoms with Crippen LogP contribution in [0.15, 0.2) is 23.0 Å². The molecule has 0 aromatic carbocycles. The summed E-state index contributed by atoms with van der Waals surface area (Å²) >= 11 is 0. The topological polar surface area (TPSA) is 70.0 Å². The van der Waals surface area contributed by atoms with Crippen molar-refractivity contribution in [2.75, 3.05) is 13.1 Å². The second-order valence-electron chi connectivity index (χ2n) is 9.02. The van der Waals surface area contributed by atoms with Crippen molar-refractivity contribution < 1.29 is 19.7 Å². The number of hydrogen-bond donors (Lipinski definition) is 2. The Morgan fingerprint density at radius 2 is 2.12 bits per heavy atom. The highest BCUT2D eigenvalue weighted by Gasteiger charge is 2.72. The second kappa shape index (κ2) is 4.56. The first-order valence-corrected chi connectivity index (χ1v) is 9.85. The van der Waals surface area contributed by atoms with Crippen LogP contribution in [0.1, 0.15) is 44.9 Å². The molecule has 0 amide bonds. The molecular weight excluding hydrogens is 318 g/mol. The van der Waals surface area contributed by atoms with E-state index >= 15 is 0 Å². The third-order valence-electron chi connectivity index (χ3n) is 7.85. The van der Waals surface area contributed by atoms with Crippen LogP contribution >= 0.6 is 0 Å². The molecule has 1 saturated heterocycles. The van der Waals surface area contributed by atoms with E-state index in [0.717, 1.165) is 55.8 Å². The second-order valence-corrected chi connectivity index (χ2v) is 9.02. The Hall–Kier alpha value is -1.17. The largest absolute Gasteiger partial charge is 0.490 e. The smallest absolute Gasteiger partial charge is 0.192 e. The molecule has 2 aliphatic heterocycles. The Kier molecular flexibility index (Phi) is 2.73. The monoisotopic (exact) mass is 343 g/mol. The molecule has 4 fully saturated rings. The molecule has 1 spiro atoms. The predicted molar refractivity (Wildman–Crippen MR) is 89.5 cm³/mol. The van der Waals surface area contributed by atoms with E-state index in [4.69, 9.17) is 4.74 Å². The minimum Gasteiger partial charge on any atom is -0.490 e. The fourth-order valence-corrected chi connectivity index (χ4v) is 6.63. The summed E-state index contributed by atoms with van der Waals surface area (Å²) < 4.78 is 6.19. The first-order valence-electron chi connectivity index (χ1n) is 9.85. The lowest BCUT2D eigenvalue weighted by Gasteiger charge is -2.64. The summed E-state index contributed by atoms with van der Waals surface area (Å²) in [5.41, 5.74) is 0.799. The van der Waals surface area contributed by atoms with E-state index in [1.54, 1.807) is 6.08 Å². The highest BCUT2D eigenvalue weighted by molar-refractivity contribution is 5.99. The molecule has 2 unspecified atom stereocenters. The van der Waals surface area contributed by atoms with Gasteiger partial charge in [-0.15, -0.1) is 0 Å². The van der Waals surface area contributed by atoms with Crippen LogP contribution in [0.3, 0.4) is 0 Å². The number of aliphatic hydroxyl groups is 2. The van der Waals surface area contributed by atoms with Crippen LogP contribution in [-0.4, -0.2) is 57.8 Å². The Balaban J connectivity index is 1.53. The van der Waals surface area contributed by atoms with Gasteiger partial charge in [-0.3, -0.25) is 9.69 Å². The average molecular weight is 343 g/mol. The number of carbonyl (C=O) groups excluding carboxylic acids is 1. The first-order chi connectivity index (χ1) is 12.0. The van der Waals surface area contributed by atoms with Gasteiger partial charge < -0.3 is 14.9 Å². The third kappa shape index (κ3) is 1.64. The van der Waals surface area contributed by atoms with Gasteiger partial charge in [0.2, 0.25) is 0 Å². The molecular formula is C20H25NO4. The van der Waals surface area contributed by atoms with Gasteiger partial charge in [-0.1, -0.05) is 0 Å². The summed E-state index contributed by atoms with van der Waals surface area (Å²) in [5.74, 6) is 0.983. The maximum absolute atomic E-state index is 12.3. The zero-order chi connectivity index (χ0) is 17.0. The van der Waals surface area contributed by atoms with E-state index in [-0.39, 0.29) is 17.9 Å². The van der Waals surface area contributed by atoms with Crippen molar-refractivity contribution in [1.82, 2.24) is 4.90 Å². The molecule has 0 radical (unpaired) electrons. The van der Waals surface area contributed by atoms with Gasteiger partial charge in [0.05, 0.1) is 11.0 Å². The number of likely N-dealkylation sites (tertiary alicyclic amines) is 1. The molecule has 2 N–H and O–H groups in total. The number of rotatable bonds is 2. The summed E-state index contributed by atoms with van der Waals surface area (Å²) in [4.78, 5) is 14.8.